The molecule has 24 heavy (non-hydrogen) atoms. The zero-order valence-electron chi connectivity index (χ0n) is 12.6. The van der Waals surface area contributed by atoms with Gasteiger partial charge in [0.25, 0.3) is 17.2 Å². The largest absolute Gasteiger partial charge is 0.321 e. The number of rotatable bonds is 3. The van der Waals surface area contributed by atoms with E-state index in [1.54, 1.807) is 24.3 Å². The van der Waals surface area contributed by atoms with Crippen molar-refractivity contribution in [2.45, 2.75) is 0 Å². The fourth-order valence-electron chi connectivity index (χ4n) is 2.32. The minimum atomic E-state index is -0.520. The number of non-ortho nitro benzene ring substituents is 1. The second kappa shape index (κ2) is 5.92. The maximum absolute atomic E-state index is 12.5. The van der Waals surface area contributed by atoms with Crippen LogP contribution < -0.4 is 10.9 Å². The molecule has 2 aromatic carbocycles. The molecule has 0 aliphatic carbocycles. The molecule has 0 saturated heterocycles. The van der Waals surface area contributed by atoms with Gasteiger partial charge in [0.05, 0.1) is 10.3 Å². The topological polar surface area (TPSA) is 107 Å². The lowest BCUT2D eigenvalue weighted by atomic mass is 10.1. The van der Waals surface area contributed by atoms with E-state index in [2.05, 4.69) is 10.4 Å². The average molecular weight is 324 g/mol. The van der Waals surface area contributed by atoms with E-state index in [1.165, 1.54) is 31.3 Å². The molecule has 0 atom stereocenters. The lowest BCUT2D eigenvalue weighted by Crippen LogP contribution is -2.25. The van der Waals surface area contributed by atoms with Crippen molar-refractivity contribution < 1.29 is 9.72 Å². The van der Waals surface area contributed by atoms with Gasteiger partial charge in [-0.15, -0.1) is 0 Å². The molecule has 3 aromatic rings. The zero-order valence-corrected chi connectivity index (χ0v) is 12.6. The normalized spacial score (nSPS) is 10.5. The van der Waals surface area contributed by atoms with E-state index in [1.807, 2.05) is 0 Å². The van der Waals surface area contributed by atoms with Crippen LogP contribution in [-0.2, 0) is 7.05 Å². The summed E-state index contributed by atoms with van der Waals surface area (Å²) in [7, 11) is 1.47. The van der Waals surface area contributed by atoms with Crippen molar-refractivity contribution in [2.24, 2.45) is 7.05 Å². The Kier molecular flexibility index (Phi) is 3.78. The third kappa shape index (κ3) is 2.72. The molecule has 0 unspecified atom stereocenters. The number of hydrogen-bond acceptors (Lipinski definition) is 5. The van der Waals surface area contributed by atoms with Gasteiger partial charge < -0.3 is 5.32 Å². The number of nitro groups is 1. The second-order valence-electron chi connectivity index (χ2n) is 5.08. The van der Waals surface area contributed by atoms with Crippen LogP contribution in [-0.4, -0.2) is 20.6 Å². The highest BCUT2D eigenvalue weighted by Gasteiger charge is 2.16. The van der Waals surface area contributed by atoms with Gasteiger partial charge in [-0.05, 0) is 18.2 Å². The van der Waals surface area contributed by atoms with Crippen LogP contribution in [0, 0.1) is 10.1 Å². The lowest BCUT2D eigenvalue weighted by molar-refractivity contribution is -0.384. The number of nitrogens with one attached hydrogen (secondary N) is 1. The fraction of sp³-hybridized carbons (Fsp3) is 0.0625. The van der Waals surface area contributed by atoms with Gasteiger partial charge in [0.15, 0.2) is 5.69 Å². The molecule has 0 bridgehead atoms. The summed E-state index contributed by atoms with van der Waals surface area (Å²) in [6.45, 7) is 0. The lowest BCUT2D eigenvalue weighted by Gasteiger charge is -2.08. The van der Waals surface area contributed by atoms with E-state index >= 15 is 0 Å². The van der Waals surface area contributed by atoms with Crippen molar-refractivity contribution in [3.8, 4) is 0 Å². The van der Waals surface area contributed by atoms with Crippen LogP contribution in [0.15, 0.2) is 53.3 Å². The maximum Gasteiger partial charge on any atom is 0.276 e. The molecule has 120 valence electrons. The Morgan fingerprint density at radius 3 is 2.38 bits per heavy atom. The quantitative estimate of drug-likeness (QED) is 0.586. The van der Waals surface area contributed by atoms with E-state index in [4.69, 9.17) is 0 Å². The highest BCUT2D eigenvalue weighted by atomic mass is 16.6. The number of carbonyl (C=O) groups is 1. The van der Waals surface area contributed by atoms with Crippen LogP contribution in [0.5, 0.6) is 0 Å². The molecule has 0 radical (unpaired) electrons. The van der Waals surface area contributed by atoms with Crippen molar-refractivity contribution in [3.05, 3.63) is 74.7 Å². The number of fused-ring (bicyclic) bond motifs is 1. The van der Waals surface area contributed by atoms with E-state index in [0.29, 0.717) is 16.5 Å². The van der Waals surface area contributed by atoms with Gasteiger partial charge in [0, 0.05) is 30.3 Å². The molecule has 0 aliphatic heterocycles. The summed E-state index contributed by atoms with van der Waals surface area (Å²) >= 11 is 0. The van der Waals surface area contributed by atoms with Crippen LogP contribution in [0.1, 0.15) is 10.5 Å². The van der Waals surface area contributed by atoms with Crippen LogP contribution in [0.3, 0.4) is 0 Å². The molecular weight excluding hydrogens is 312 g/mol. The standard InChI is InChI=1S/C16H12N4O4/c1-19-16(22)13-5-3-2-4-12(13)14(18-19)15(21)17-10-6-8-11(9-7-10)20(23)24/h2-9H,1H3,(H,17,21). The average Bonchev–Trinajstić information content (AvgIpc) is 2.58. The third-order valence-corrected chi connectivity index (χ3v) is 3.51. The Morgan fingerprint density at radius 2 is 1.75 bits per heavy atom. The predicted molar refractivity (Wildman–Crippen MR) is 88.0 cm³/mol. The molecule has 8 heteroatoms. The molecule has 0 fully saturated rings. The summed E-state index contributed by atoms with van der Waals surface area (Å²) in [6.07, 6.45) is 0. The van der Waals surface area contributed by atoms with Crippen LogP contribution in [0.2, 0.25) is 0 Å². The molecule has 1 N–H and O–H groups in total. The Bertz CT molecular complexity index is 1010. The van der Waals surface area contributed by atoms with E-state index < -0.39 is 10.8 Å². The predicted octanol–water partition coefficient (Wildman–Crippen LogP) is 2.09. The van der Waals surface area contributed by atoms with Gasteiger partial charge in [-0.3, -0.25) is 19.7 Å². The highest BCUT2D eigenvalue weighted by molar-refractivity contribution is 6.11. The first kappa shape index (κ1) is 15.3. The highest BCUT2D eigenvalue weighted by Crippen LogP contribution is 2.18. The SMILES string of the molecule is Cn1nc(C(=O)Nc2ccc([N+](=O)[O-])cc2)c2ccccc2c1=O. The summed E-state index contributed by atoms with van der Waals surface area (Å²) in [5.74, 6) is -0.504. The summed E-state index contributed by atoms with van der Waals surface area (Å²) in [4.78, 5) is 34.7. The first-order valence-corrected chi connectivity index (χ1v) is 6.99. The van der Waals surface area contributed by atoms with Gasteiger partial charge in [0.2, 0.25) is 0 Å². The molecule has 3 rings (SSSR count). The first-order valence-electron chi connectivity index (χ1n) is 6.99. The molecular formula is C16H12N4O4. The number of nitro benzene ring substituents is 1. The number of nitrogens with zero attached hydrogens (tertiary/aromatic N) is 3. The Morgan fingerprint density at radius 1 is 1.12 bits per heavy atom. The molecule has 1 amide bonds. The van der Waals surface area contributed by atoms with E-state index in [-0.39, 0.29) is 16.9 Å². The molecule has 0 aliphatic rings. The number of aryl methyl sites for hydroxylation is 1. The first-order chi connectivity index (χ1) is 11.5. The monoisotopic (exact) mass is 324 g/mol. The van der Waals surface area contributed by atoms with Gasteiger partial charge in [-0.1, -0.05) is 18.2 Å². The zero-order chi connectivity index (χ0) is 17.3. The van der Waals surface area contributed by atoms with Gasteiger partial charge >= 0.3 is 0 Å². The Balaban J connectivity index is 1.98. The molecule has 0 saturated carbocycles. The summed E-state index contributed by atoms with van der Waals surface area (Å²) in [5.41, 5.74) is 0.132. The number of anilines is 1. The van der Waals surface area contributed by atoms with Crippen LogP contribution >= 0.6 is 0 Å². The van der Waals surface area contributed by atoms with Crippen molar-refractivity contribution in [1.82, 2.24) is 9.78 Å². The number of hydrogen-bond donors (Lipinski definition) is 1. The number of aromatic nitrogens is 2. The van der Waals surface area contributed by atoms with Crippen molar-refractivity contribution in [3.63, 3.8) is 0 Å². The summed E-state index contributed by atoms with van der Waals surface area (Å²) < 4.78 is 1.10. The van der Waals surface area contributed by atoms with Crippen molar-refractivity contribution >= 4 is 28.1 Å². The fourth-order valence-corrected chi connectivity index (χ4v) is 2.32. The minimum absolute atomic E-state index is 0.0707. The van der Waals surface area contributed by atoms with Crippen LogP contribution in [0.4, 0.5) is 11.4 Å². The number of benzene rings is 2. The summed E-state index contributed by atoms with van der Waals surface area (Å²) in [5, 5.41) is 18.1. The van der Waals surface area contributed by atoms with Crippen molar-refractivity contribution in [1.29, 1.82) is 0 Å². The third-order valence-electron chi connectivity index (χ3n) is 3.51. The molecule has 0 spiro atoms. The smallest absolute Gasteiger partial charge is 0.276 e. The molecule has 1 aromatic heterocycles. The Labute approximate surface area is 135 Å². The van der Waals surface area contributed by atoms with Crippen LogP contribution in [0.25, 0.3) is 10.8 Å². The van der Waals surface area contributed by atoms with E-state index in [0.717, 1.165) is 4.68 Å². The molecule has 8 nitrogen and oxygen atoms in total. The van der Waals surface area contributed by atoms with Gasteiger partial charge in [-0.2, -0.15) is 5.10 Å². The van der Waals surface area contributed by atoms with E-state index in [9.17, 15) is 19.7 Å². The Hall–Kier alpha value is -3.55. The maximum atomic E-state index is 12.5. The van der Waals surface area contributed by atoms with Gasteiger partial charge in [0.1, 0.15) is 0 Å². The second-order valence-corrected chi connectivity index (χ2v) is 5.08. The van der Waals surface area contributed by atoms with Crippen molar-refractivity contribution in [2.75, 3.05) is 5.32 Å². The number of carbonyl (C=O) groups excluding carboxylic acids is 1. The summed E-state index contributed by atoms with van der Waals surface area (Å²) in [6, 6.07) is 12.1. The van der Waals surface area contributed by atoms with Gasteiger partial charge in [-0.25, -0.2) is 4.68 Å². The minimum Gasteiger partial charge on any atom is -0.321 e. The number of amides is 1. The molecule has 1 heterocycles.